The van der Waals surface area contributed by atoms with E-state index in [2.05, 4.69) is 9.97 Å². The normalized spacial score (nSPS) is 9.94. The Kier molecular flexibility index (Phi) is 3.72. The van der Waals surface area contributed by atoms with Crippen molar-refractivity contribution in [3.8, 4) is 5.88 Å². The molecule has 0 aliphatic heterocycles. The first-order valence-corrected chi connectivity index (χ1v) is 6.16. The highest BCUT2D eigenvalue weighted by atomic mass is 32.2. The number of benzene rings is 1. The van der Waals surface area contributed by atoms with Gasteiger partial charge in [-0.1, -0.05) is 30.0 Å². The second-order valence-electron chi connectivity index (χ2n) is 3.14. The van der Waals surface area contributed by atoms with Crippen molar-refractivity contribution in [2.24, 2.45) is 0 Å². The van der Waals surface area contributed by atoms with E-state index in [9.17, 15) is 4.79 Å². The van der Waals surface area contributed by atoms with E-state index >= 15 is 0 Å². The van der Waals surface area contributed by atoms with Gasteiger partial charge in [0.1, 0.15) is 0 Å². The number of aromatic nitrogens is 2. The lowest BCUT2D eigenvalue weighted by Gasteiger charge is -2.03. The largest absolute Gasteiger partial charge is 0.404 e. The quantitative estimate of drug-likeness (QED) is 0.473. The van der Waals surface area contributed by atoms with Gasteiger partial charge in [-0.25, -0.2) is 9.78 Å². The molecule has 1 aromatic carbocycles. The lowest BCUT2D eigenvalue weighted by atomic mass is 10.2. The zero-order chi connectivity index (χ0) is 12.1. The molecule has 2 aromatic rings. The Labute approximate surface area is 103 Å². The first-order chi connectivity index (χ1) is 8.29. The molecule has 0 saturated carbocycles. The van der Waals surface area contributed by atoms with Gasteiger partial charge in [0, 0.05) is 12.3 Å². The standard InChI is InChI=1S/C12H10N2O2S/c1-17-12-13-8-7-10(14-12)16-11(15)9-5-3-2-4-6-9/h2-8H,1H3. The maximum atomic E-state index is 11.7. The molecule has 0 unspecified atom stereocenters. The Morgan fingerprint density at radius 3 is 2.71 bits per heavy atom. The smallest absolute Gasteiger partial charge is 0.344 e. The summed E-state index contributed by atoms with van der Waals surface area (Å²) in [6, 6.07) is 10.3. The Morgan fingerprint density at radius 2 is 2.00 bits per heavy atom. The zero-order valence-electron chi connectivity index (χ0n) is 9.16. The molecule has 17 heavy (non-hydrogen) atoms. The Morgan fingerprint density at radius 1 is 1.24 bits per heavy atom. The summed E-state index contributed by atoms with van der Waals surface area (Å²) in [5, 5.41) is 0.573. The second-order valence-corrected chi connectivity index (χ2v) is 3.91. The van der Waals surface area contributed by atoms with Gasteiger partial charge in [0.05, 0.1) is 5.56 Å². The van der Waals surface area contributed by atoms with Crippen molar-refractivity contribution in [2.75, 3.05) is 6.26 Å². The van der Waals surface area contributed by atoms with Crippen LogP contribution in [0.3, 0.4) is 0 Å². The lowest BCUT2D eigenvalue weighted by Crippen LogP contribution is -2.09. The predicted molar refractivity (Wildman–Crippen MR) is 65.2 cm³/mol. The van der Waals surface area contributed by atoms with Crippen LogP contribution in [0.4, 0.5) is 0 Å². The van der Waals surface area contributed by atoms with E-state index < -0.39 is 5.97 Å². The van der Waals surface area contributed by atoms with Gasteiger partial charge in [-0.3, -0.25) is 0 Å². The highest BCUT2D eigenvalue weighted by molar-refractivity contribution is 7.98. The van der Waals surface area contributed by atoms with E-state index in [0.29, 0.717) is 10.7 Å². The average Bonchev–Trinajstić information content (AvgIpc) is 2.40. The summed E-state index contributed by atoms with van der Waals surface area (Å²) in [6.45, 7) is 0. The summed E-state index contributed by atoms with van der Waals surface area (Å²) in [6.07, 6.45) is 3.42. The molecule has 0 atom stereocenters. The Balaban J connectivity index is 2.13. The van der Waals surface area contributed by atoms with E-state index in [-0.39, 0.29) is 5.88 Å². The third kappa shape index (κ3) is 3.04. The van der Waals surface area contributed by atoms with Crippen molar-refractivity contribution in [1.82, 2.24) is 9.97 Å². The summed E-state index contributed by atoms with van der Waals surface area (Å²) in [4.78, 5) is 19.8. The lowest BCUT2D eigenvalue weighted by molar-refractivity contribution is 0.0726. The van der Waals surface area contributed by atoms with Gasteiger partial charge < -0.3 is 4.74 Å². The molecule has 1 heterocycles. The molecule has 0 amide bonds. The molecule has 0 bridgehead atoms. The van der Waals surface area contributed by atoms with Crippen LogP contribution in [0.15, 0.2) is 47.8 Å². The average molecular weight is 246 g/mol. The fourth-order valence-electron chi connectivity index (χ4n) is 1.21. The minimum atomic E-state index is -0.420. The van der Waals surface area contributed by atoms with Gasteiger partial charge in [0.25, 0.3) is 0 Å². The van der Waals surface area contributed by atoms with E-state index in [1.165, 1.54) is 11.8 Å². The Hall–Kier alpha value is -1.88. The molecule has 1 aromatic heterocycles. The number of rotatable bonds is 3. The molecule has 0 fully saturated rings. The monoisotopic (exact) mass is 246 g/mol. The SMILES string of the molecule is CSc1nccc(OC(=O)c2ccccc2)n1. The van der Waals surface area contributed by atoms with Crippen LogP contribution in [0.2, 0.25) is 0 Å². The van der Waals surface area contributed by atoms with Crippen molar-refractivity contribution in [3.05, 3.63) is 48.2 Å². The minimum Gasteiger partial charge on any atom is -0.404 e. The maximum Gasteiger partial charge on any atom is 0.344 e. The van der Waals surface area contributed by atoms with E-state index in [4.69, 9.17) is 4.74 Å². The number of thioether (sulfide) groups is 1. The molecule has 0 saturated heterocycles. The van der Waals surface area contributed by atoms with Gasteiger partial charge >= 0.3 is 5.97 Å². The van der Waals surface area contributed by atoms with Crippen molar-refractivity contribution in [1.29, 1.82) is 0 Å². The molecule has 0 spiro atoms. The highest BCUT2D eigenvalue weighted by Gasteiger charge is 2.08. The molecular weight excluding hydrogens is 236 g/mol. The van der Waals surface area contributed by atoms with E-state index in [1.54, 1.807) is 36.5 Å². The van der Waals surface area contributed by atoms with Crippen molar-refractivity contribution in [2.45, 2.75) is 5.16 Å². The molecule has 2 rings (SSSR count). The highest BCUT2D eigenvalue weighted by Crippen LogP contribution is 2.13. The maximum absolute atomic E-state index is 11.7. The Bertz CT molecular complexity index is 517. The summed E-state index contributed by atoms with van der Waals surface area (Å²) >= 11 is 1.39. The van der Waals surface area contributed by atoms with E-state index in [1.807, 2.05) is 12.3 Å². The van der Waals surface area contributed by atoms with Crippen LogP contribution in [0.5, 0.6) is 5.88 Å². The molecule has 0 radical (unpaired) electrons. The summed E-state index contributed by atoms with van der Waals surface area (Å²) in [5.41, 5.74) is 0.497. The van der Waals surface area contributed by atoms with Crippen LogP contribution >= 0.6 is 11.8 Å². The number of nitrogens with zero attached hydrogens (tertiary/aromatic N) is 2. The fraction of sp³-hybridized carbons (Fsp3) is 0.0833. The predicted octanol–water partition coefficient (Wildman–Crippen LogP) is 2.42. The topological polar surface area (TPSA) is 52.1 Å². The van der Waals surface area contributed by atoms with Gasteiger partial charge in [-0.2, -0.15) is 4.98 Å². The summed E-state index contributed by atoms with van der Waals surface area (Å²) in [5.74, 6) is -0.158. The van der Waals surface area contributed by atoms with Gasteiger partial charge in [-0.15, -0.1) is 0 Å². The first kappa shape index (κ1) is 11.6. The van der Waals surface area contributed by atoms with Crippen LogP contribution in [-0.2, 0) is 0 Å². The number of hydrogen-bond donors (Lipinski definition) is 0. The minimum absolute atomic E-state index is 0.262. The van der Waals surface area contributed by atoms with Gasteiger partial charge in [-0.05, 0) is 18.4 Å². The molecule has 0 aliphatic carbocycles. The number of carbonyl (C=O) groups is 1. The summed E-state index contributed by atoms with van der Waals surface area (Å²) < 4.78 is 5.14. The van der Waals surface area contributed by atoms with Crippen LogP contribution in [0.1, 0.15) is 10.4 Å². The van der Waals surface area contributed by atoms with Crippen LogP contribution < -0.4 is 4.74 Å². The molecule has 5 heteroatoms. The summed E-state index contributed by atoms with van der Waals surface area (Å²) in [7, 11) is 0. The van der Waals surface area contributed by atoms with Crippen LogP contribution in [0.25, 0.3) is 0 Å². The second kappa shape index (κ2) is 5.45. The molecule has 0 aliphatic rings. The number of esters is 1. The first-order valence-electron chi connectivity index (χ1n) is 4.94. The number of carbonyl (C=O) groups excluding carboxylic acids is 1. The molecule has 0 N–H and O–H groups in total. The third-order valence-corrected chi connectivity index (χ3v) is 2.56. The van der Waals surface area contributed by atoms with Gasteiger partial charge in [0.2, 0.25) is 5.88 Å². The molecule has 86 valence electrons. The van der Waals surface area contributed by atoms with Crippen LogP contribution in [-0.4, -0.2) is 22.2 Å². The molecular formula is C12H10N2O2S. The fourth-order valence-corrected chi connectivity index (χ4v) is 1.56. The number of hydrogen-bond acceptors (Lipinski definition) is 5. The van der Waals surface area contributed by atoms with Gasteiger partial charge in [0.15, 0.2) is 5.16 Å². The number of ether oxygens (including phenoxy) is 1. The zero-order valence-corrected chi connectivity index (χ0v) is 9.98. The van der Waals surface area contributed by atoms with Crippen molar-refractivity contribution in [3.63, 3.8) is 0 Å². The van der Waals surface area contributed by atoms with Crippen molar-refractivity contribution >= 4 is 17.7 Å². The van der Waals surface area contributed by atoms with Crippen molar-refractivity contribution < 1.29 is 9.53 Å². The third-order valence-electron chi connectivity index (χ3n) is 2.00. The van der Waals surface area contributed by atoms with Crippen LogP contribution in [0, 0.1) is 0 Å². The molecule has 4 nitrogen and oxygen atoms in total. The van der Waals surface area contributed by atoms with E-state index in [0.717, 1.165) is 0 Å².